The first-order chi connectivity index (χ1) is 9.52. The highest BCUT2D eigenvalue weighted by Gasteiger charge is 2.08. The van der Waals surface area contributed by atoms with E-state index in [4.69, 9.17) is 10.4 Å². The Labute approximate surface area is 115 Å². The molecule has 0 aliphatic heterocycles. The lowest BCUT2D eigenvalue weighted by molar-refractivity contribution is -0.136. The Morgan fingerprint density at radius 1 is 1.50 bits per heavy atom. The summed E-state index contributed by atoms with van der Waals surface area (Å²) in [5.41, 5.74) is 0.645. The Morgan fingerprint density at radius 3 is 2.85 bits per heavy atom. The molecule has 20 heavy (non-hydrogen) atoms. The number of carbonyl (C=O) groups excluding carboxylic acids is 1. The second-order valence-corrected chi connectivity index (χ2v) is 3.88. The standard InChI is InChI=1S/C13H14N4O3/c1-9-3-2-4-11(17-9)16-8-10(7-14)13(20)15-6-5-12(18)19/h2-4,8H,5-6H2,1H3,(H,15,20)(H,16,17)(H,18,19)/b10-8-. The van der Waals surface area contributed by atoms with Crippen LogP contribution in [0.4, 0.5) is 5.82 Å². The van der Waals surface area contributed by atoms with Gasteiger partial charge in [-0.3, -0.25) is 9.59 Å². The molecule has 0 saturated heterocycles. The molecular formula is C13H14N4O3. The molecule has 0 saturated carbocycles. The highest BCUT2D eigenvalue weighted by molar-refractivity contribution is 5.97. The van der Waals surface area contributed by atoms with Gasteiger partial charge in [0.1, 0.15) is 17.5 Å². The first kappa shape index (κ1) is 15.2. The molecule has 7 nitrogen and oxygen atoms in total. The third kappa shape index (κ3) is 5.18. The summed E-state index contributed by atoms with van der Waals surface area (Å²) in [4.78, 5) is 26.0. The van der Waals surface area contributed by atoms with E-state index in [1.807, 2.05) is 13.0 Å². The normalized spacial score (nSPS) is 10.5. The van der Waals surface area contributed by atoms with Gasteiger partial charge in [0, 0.05) is 18.4 Å². The zero-order chi connectivity index (χ0) is 15.0. The Hall–Kier alpha value is -2.88. The van der Waals surface area contributed by atoms with Crippen LogP contribution in [0.5, 0.6) is 0 Å². The van der Waals surface area contributed by atoms with Gasteiger partial charge in [0.05, 0.1) is 6.42 Å². The number of nitrogens with zero attached hydrogens (tertiary/aromatic N) is 2. The number of pyridine rings is 1. The number of hydrogen-bond donors (Lipinski definition) is 3. The largest absolute Gasteiger partial charge is 0.481 e. The van der Waals surface area contributed by atoms with Crippen molar-refractivity contribution in [3.05, 3.63) is 35.7 Å². The molecule has 1 heterocycles. The molecule has 1 amide bonds. The van der Waals surface area contributed by atoms with E-state index < -0.39 is 11.9 Å². The highest BCUT2D eigenvalue weighted by Crippen LogP contribution is 2.04. The van der Waals surface area contributed by atoms with Crippen LogP contribution in [0, 0.1) is 18.3 Å². The summed E-state index contributed by atoms with van der Waals surface area (Å²) < 4.78 is 0. The van der Waals surface area contributed by atoms with E-state index in [-0.39, 0.29) is 18.5 Å². The molecule has 0 aliphatic rings. The molecule has 0 radical (unpaired) electrons. The minimum atomic E-state index is -1.02. The quantitative estimate of drug-likeness (QED) is 0.522. The van der Waals surface area contributed by atoms with E-state index in [1.54, 1.807) is 18.2 Å². The van der Waals surface area contributed by atoms with Gasteiger partial charge >= 0.3 is 5.97 Å². The maximum atomic E-state index is 11.6. The lowest BCUT2D eigenvalue weighted by Crippen LogP contribution is -2.27. The van der Waals surface area contributed by atoms with Crippen LogP contribution in [0.25, 0.3) is 0 Å². The summed E-state index contributed by atoms with van der Waals surface area (Å²) in [6.07, 6.45) is 1.04. The number of aryl methyl sites for hydroxylation is 1. The van der Waals surface area contributed by atoms with Gasteiger partial charge in [0.2, 0.25) is 0 Å². The Bertz CT molecular complexity index is 575. The van der Waals surface area contributed by atoms with Crippen LogP contribution < -0.4 is 10.6 Å². The monoisotopic (exact) mass is 274 g/mol. The number of nitrogens with one attached hydrogen (secondary N) is 2. The van der Waals surface area contributed by atoms with E-state index in [9.17, 15) is 9.59 Å². The van der Waals surface area contributed by atoms with Crippen LogP contribution in [-0.4, -0.2) is 28.5 Å². The maximum absolute atomic E-state index is 11.6. The van der Waals surface area contributed by atoms with Gasteiger partial charge in [-0.15, -0.1) is 0 Å². The molecule has 3 N–H and O–H groups in total. The van der Waals surface area contributed by atoms with Crippen molar-refractivity contribution in [3.63, 3.8) is 0 Å². The molecule has 0 fully saturated rings. The van der Waals surface area contributed by atoms with Crippen LogP contribution in [0.3, 0.4) is 0 Å². The van der Waals surface area contributed by atoms with Crippen molar-refractivity contribution in [1.29, 1.82) is 5.26 Å². The Morgan fingerprint density at radius 2 is 2.25 bits per heavy atom. The number of carbonyl (C=O) groups is 2. The average Bonchev–Trinajstić information content (AvgIpc) is 2.39. The summed E-state index contributed by atoms with van der Waals surface area (Å²) >= 11 is 0. The first-order valence-electron chi connectivity index (χ1n) is 5.83. The molecule has 0 aromatic carbocycles. The SMILES string of the molecule is Cc1cccc(N/C=C(/C#N)C(=O)NCCC(=O)O)n1. The van der Waals surface area contributed by atoms with Crippen LogP contribution in [-0.2, 0) is 9.59 Å². The van der Waals surface area contributed by atoms with E-state index in [1.165, 1.54) is 6.20 Å². The lowest BCUT2D eigenvalue weighted by Gasteiger charge is -2.04. The van der Waals surface area contributed by atoms with Gasteiger partial charge < -0.3 is 15.7 Å². The second-order valence-electron chi connectivity index (χ2n) is 3.88. The summed E-state index contributed by atoms with van der Waals surface area (Å²) in [5, 5.41) is 22.4. The van der Waals surface area contributed by atoms with E-state index in [0.717, 1.165) is 5.69 Å². The highest BCUT2D eigenvalue weighted by atomic mass is 16.4. The summed E-state index contributed by atoms with van der Waals surface area (Å²) in [6.45, 7) is 1.79. The van der Waals surface area contributed by atoms with Crippen LogP contribution in [0.2, 0.25) is 0 Å². The summed E-state index contributed by atoms with van der Waals surface area (Å²) in [7, 11) is 0. The molecule has 104 valence electrons. The predicted molar refractivity (Wildman–Crippen MR) is 71.6 cm³/mol. The third-order valence-corrected chi connectivity index (χ3v) is 2.24. The van der Waals surface area contributed by atoms with E-state index in [0.29, 0.717) is 5.82 Å². The molecule has 1 aromatic heterocycles. The minimum absolute atomic E-state index is 0.0319. The number of aliphatic carboxylic acids is 1. The lowest BCUT2D eigenvalue weighted by atomic mass is 10.3. The number of rotatable bonds is 6. The van der Waals surface area contributed by atoms with Gasteiger partial charge in [-0.05, 0) is 19.1 Å². The molecule has 0 bridgehead atoms. The number of amides is 1. The third-order valence-electron chi connectivity index (χ3n) is 2.24. The van der Waals surface area contributed by atoms with Crippen molar-refractivity contribution in [2.45, 2.75) is 13.3 Å². The van der Waals surface area contributed by atoms with E-state index in [2.05, 4.69) is 15.6 Å². The van der Waals surface area contributed by atoms with Gasteiger partial charge in [0.15, 0.2) is 0 Å². The van der Waals surface area contributed by atoms with Gasteiger partial charge in [-0.2, -0.15) is 5.26 Å². The first-order valence-corrected chi connectivity index (χ1v) is 5.83. The van der Waals surface area contributed by atoms with Crippen molar-refractivity contribution in [2.75, 3.05) is 11.9 Å². The van der Waals surface area contributed by atoms with Crippen molar-refractivity contribution >= 4 is 17.7 Å². The number of nitriles is 1. The number of aromatic nitrogens is 1. The zero-order valence-corrected chi connectivity index (χ0v) is 10.9. The fourth-order valence-electron chi connectivity index (χ4n) is 1.30. The van der Waals surface area contributed by atoms with Crippen molar-refractivity contribution < 1.29 is 14.7 Å². The Balaban J connectivity index is 2.61. The molecular weight excluding hydrogens is 260 g/mol. The molecule has 1 aromatic rings. The van der Waals surface area contributed by atoms with E-state index >= 15 is 0 Å². The van der Waals surface area contributed by atoms with Gasteiger partial charge in [-0.25, -0.2) is 4.98 Å². The summed E-state index contributed by atoms with van der Waals surface area (Å²) in [5.74, 6) is -1.14. The molecule has 0 aliphatic carbocycles. The molecule has 1 rings (SSSR count). The molecule has 0 atom stereocenters. The zero-order valence-electron chi connectivity index (χ0n) is 10.9. The van der Waals surface area contributed by atoms with Crippen molar-refractivity contribution in [2.24, 2.45) is 0 Å². The molecule has 7 heteroatoms. The number of anilines is 1. The second kappa shape index (κ2) is 7.53. The maximum Gasteiger partial charge on any atom is 0.305 e. The number of carboxylic acids is 1. The van der Waals surface area contributed by atoms with Crippen LogP contribution in [0.1, 0.15) is 12.1 Å². The van der Waals surface area contributed by atoms with Gasteiger partial charge in [0.25, 0.3) is 5.91 Å². The van der Waals surface area contributed by atoms with Crippen molar-refractivity contribution in [3.8, 4) is 6.07 Å². The van der Waals surface area contributed by atoms with Gasteiger partial charge in [-0.1, -0.05) is 6.07 Å². The fraction of sp³-hybridized carbons (Fsp3) is 0.231. The topological polar surface area (TPSA) is 115 Å². The minimum Gasteiger partial charge on any atom is -0.481 e. The summed E-state index contributed by atoms with van der Waals surface area (Å²) in [6, 6.07) is 7.04. The Kier molecular flexibility index (Phi) is 5.72. The molecule has 0 spiro atoms. The van der Waals surface area contributed by atoms with Crippen LogP contribution >= 0.6 is 0 Å². The number of carboxylic acid groups (broad SMARTS) is 1. The van der Waals surface area contributed by atoms with Crippen molar-refractivity contribution in [1.82, 2.24) is 10.3 Å². The predicted octanol–water partition coefficient (Wildman–Crippen LogP) is 0.800. The fourth-order valence-corrected chi connectivity index (χ4v) is 1.30. The van der Waals surface area contributed by atoms with Crippen LogP contribution in [0.15, 0.2) is 30.0 Å². The smallest absolute Gasteiger partial charge is 0.305 e. The number of hydrogen-bond acceptors (Lipinski definition) is 5. The molecule has 0 unspecified atom stereocenters. The average molecular weight is 274 g/mol.